The highest BCUT2D eigenvalue weighted by Gasteiger charge is 2.15. The molecule has 4 heterocycles. The zero-order valence-corrected chi connectivity index (χ0v) is 15.5. The van der Waals surface area contributed by atoms with Gasteiger partial charge in [-0.25, -0.2) is 9.50 Å². The number of aromatic nitrogens is 3. The molecule has 3 aromatic heterocycles. The molecular weight excluding hydrogens is 356 g/mol. The zero-order chi connectivity index (χ0) is 19.3. The molecular formula is C20H22N6O2. The third-order valence-electron chi connectivity index (χ3n) is 4.78. The lowest BCUT2D eigenvalue weighted by Gasteiger charge is -2.28. The van der Waals surface area contributed by atoms with E-state index in [2.05, 4.69) is 26.4 Å². The number of nitrogens with zero attached hydrogens (tertiary/aromatic N) is 5. The van der Waals surface area contributed by atoms with Gasteiger partial charge in [0.1, 0.15) is 17.6 Å². The summed E-state index contributed by atoms with van der Waals surface area (Å²) in [5.41, 5.74) is 2.97. The second-order valence-electron chi connectivity index (χ2n) is 6.62. The molecule has 0 amide bonds. The normalized spacial score (nSPS) is 14.2. The number of piperazine rings is 1. The Hall–Kier alpha value is -3.15. The number of nitrogens with one attached hydrogen (secondary N) is 1. The summed E-state index contributed by atoms with van der Waals surface area (Å²) in [6.07, 6.45) is 5.69. The highest BCUT2D eigenvalue weighted by Crippen LogP contribution is 2.31. The SMILES string of the molecule is N#Cc1cnn2cc(OCCCO)cc(-c3ccc(N4CCNCC4)nc3)c12. The van der Waals surface area contributed by atoms with Crippen LogP contribution in [0.15, 0.2) is 36.8 Å². The fourth-order valence-electron chi connectivity index (χ4n) is 3.36. The molecule has 3 aromatic rings. The van der Waals surface area contributed by atoms with Crippen LogP contribution in [0, 0.1) is 11.3 Å². The molecule has 0 spiro atoms. The molecule has 1 fully saturated rings. The van der Waals surface area contributed by atoms with Crippen LogP contribution in [0.4, 0.5) is 5.82 Å². The summed E-state index contributed by atoms with van der Waals surface area (Å²) >= 11 is 0. The number of nitriles is 1. The topological polar surface area (TPSA) is 98.7 Å². The average Bonchev–Trinajstić information content (AvgIpc) is 3.17. The fourth-order valence-corrected chi connectivity index (χ4v) is 3.36. The number of anilines is 1. The number of ether oxygens (including phenoxy) is 1. The zero-order valence-electron chi connectivity index (χ0n) is 15.5. The molecule has 1 saturated heterocycles. The monoisotopic (exact) mass is 378 g/mol. The van der Waals surface area contributed by atoms with Crippen molar-refractivity contribution < 1.29 is 9.84 Å². The first kappa shape index (κ1) is 18.2. The van der Waals surface area contributed by atoms with Crippen LogP contribution in [0.1, 0.15) is 12.0 Å². The summed E-state index contributed by atoms with van der Waals surface area (Å²) in [7, 11) is 0. The van der Waals surface area contributed by atoms with Gasteiger partial charge in [-0.05, 0) is 18.2 Å². The van der Waals surface area contributed by atoms with Gasteiger partial charge in [-0.2, -0.15) is 10.4 Å². The van der Waals surface area contributed by atoms with Gasteiger partial charge >= 0.3 is 0 Å². The molecule has 4 rings (SSSR count). The quantitative estimate of drug-likeness (QED) is 0.626. The van der Waals surface area contributed by atoms with Gasteiger partial charge in [-0.3, -0.25) is 0 Å². The highest BCUT2D eigenvalue weighted by atomic mass is 16.5. The smallest absolute Gasteiger partial charge is 0.138 e. The summed E-state index contributed by atoms with van der Waals surface area (Å²) in [6, 6.07) is 8.13. The van der Waals surface area contributed by atoms with E-state index in [4.69, 9.17) is 9.84 Å². The van der Waals surface area contributed by atoms with Crippen LogP contribution in [0.5, 0.6) is 5.75 Å². The third kappa shape index (κ3) is 3.63. The van der Waals surface area contributed by atoms with Gasteiger partial charge < -0.3 is 20.1 Å². The van der Waals surface area contributed by atoms with Crippen molar-refractivity contribution in [1.82, 2.24) is 19.9 Å². The molecule has 0 bridgehead atoms. The maximum Gasteiger partial charge on any atom is 0.138 e. The van der Waals surface area contributed by atoms with Gasteiger partial charge in [0.25, 0.3) is 0 Å². The Morgan fingerprint density at radius 3 is 2.82 bits per heavy atom. The van der Waals surface area contributed by atoms with Crippen molar-refractivity contribution in [1.29, 1.82) is 5.26 Å². The number of aliphatic hydroxyl groups excluding tert-OH is 1. The minimum Gasteiger partial charge on any atom is -0.492 e. The van der Waals surface area contributed by atoms with E-state index in [0.29, 0.717) is 24.3 Å². The average molecular weight is 378 g/mol. The van der Waals surface area contributed by atoms with Crippen molar-refractivity contribution in [2.24, 2.45) is 0 Å². The Morgan fingerprint density at radius 2 is 2.11 bits per heavy atom. The number of aliphatic hydroxyl groups is 1. The van der Waals surface area contributed by atoms with Crippen molar-refractivity contribution in [3.05, 3.63) is 42.4 Å². The van der Waals surface area contributed by atoms with Crippen molar-refractivity contribution >= 4 is 11.3 Å². The van der Waals surface area contributed by atoms with Crippen molar-refractivity contribution in [2.75, 3.05) is 44.3 Å². The maximum atomic E-state index is 9.46. The Morgan fingerprint density at radius 1 is 1.25 bits per heavy atom. The summed E-state index contributed by atoms with van der Waals surface area (Å²) < 4.78 is 7.40. The molecule has 28 heavy (non-hydrogen) atoms. The van der Waals surface area contributed by atoms with Crippen molar-refractivity contribution in [3.63, 3.8) is 0 Å². The molecule has 2 N–H and O–H groups in total. The Labute approximate surface area is 163 Å². The summed E-state index contributed by atoms with van der Waals surface area (Å²) in [6.45, 7) is 4.27. The molecule has 0 atom stereocenters. The molecule has 0 unspecified atom stereocenters. The summed E-state index contributed by atoms with van der Waals surface area (Å²) in [5, 5.41) is 26.1. The molecule has 8 nitrogen and oxygen atoms in total. The largest absolute Gasteiger partial charge is 0.492 e. The van der Waals surface area contributed by atoms with E-state index in [1.165, 1.54) is 0 Å². The third-order valence-corrected chi connectivity index (χ3v) is 4.78. The molecule has 144 valence electrons. The van der Waals surface area contributed by atoms with Gasteiger partial charge in [0.15, 0.2) is 0 Å². The maximum absolute atomic E-state index is 9.46. The molecule has 1 aliphatic heterocycles. The Bertz CT molecular complexity index is 986. The standard InChI is InChI=1S/C20H22N6O2/c21-11-16-13-24-26-14-17(28-9-1-8-27)10-18(20(16)26)15-2-3-19(23-12-15)25-6-4-22-5-7-25/h2-3,10,12-14,22,27H,1,4-9H2. The molecule has 8 heteroatoms. The van der Waals surface area contributed by atoms with E-state index in [1.54, 1.807) is 16.9 Å². The van der Waals surface area contributed by atoms with Gasteiger partial charge in [0.05, 0.1) is 30.1 Å². The van der Waals surface area contributed by atoms with Gasteiger partial charge in [0, 0.05) is 56.5 Å². The first-order valence-corrected chi connectivity index (χ1v) is 9.37. The van der Waals surface area contributed by atoms with Crippen LogP contribution in [0.3, 0.4) is 0 Å². The molecule has 0 aliphatic carbocycles. The summed E-state index contributed by atoms with van der Waals surface area (Å²) in [5.74, 6) is 1.58. The second-order valence-corrected chi connectivity index (χ2v) is 6.62. The lowest BCUT2D eigenvalue weighted by molar-refractivity contribution is 0.233. The lowest BCUT2D eigenvalue weighted by Crippen LogP contribution is -2.43. The van der Waals surface area contributed by atoms with Crippen molar-refractivity contribution in [2.45, 2.75) is 6.42 Å². The number of hydrogen-bond donors (Lipinski definition) is 2. The van der Waals surface area contributed by atoms with Crippen LogP contribution in [-0.2, 0) is 0 Å². The minimum absolute atomic E-state index is 0.0762. The summed E-state index contributed by atoms with van der Waals surface area (Å²) in [4.78, 5) is 6.90. The van der Waals surface area contributed by atoms with Crippen LogP contribution in [0.25, 0.3) is 16.6 Å². The predicted molar refractivity (Wildman–Crippen MR) is 105 cm³/mol. The lowest BCUT2D eigenvalue weighted by atomic mass is 10.1. The van der Waals surface area contributed by atoms with E-state index in [1.807, 2.05) is 24.4 Å². The van der Waals surface area contributed by atoms with Crippen LogP contribution in [-0.4, -0.2) is 59.1 Å². The Kier molecular flexibility index (Phi) is 5.37. The van der Waals surface area contributed by atoms with E-state index in [0.717, 1.165) is 48.6 Å². The van der Waals surface area contributed by atoms with E-state index < -0.39 is 0 Å². The molecule has 0 saturated carbocycles. The van der Waals surface area contributed by atoms with Gasteiger partial charge in [0.2, 0.25) is 0 Å². The first-order chi connectivity index (χ1) is 13.8. The van der Waals surface area contributed by atoms with E-state index in [-0.39, 0.29) is 6.61 Å². The van der Waals surface area contributed by atoms with E-state index in [9.17, 15) is 5.26 Å². The Balaban J connectivity index is 1.71. The molecule has 1 aliphatic rings. The number of fused-ring (bicyclic) bond motifs is 1. The van der Waals surface area contributed by atoms with Gasteiger partial charge in [-0.15, -0.1) is 0 Å². The van der Waals surface area contributed by atoms with Crippen molar-refractivity contribution in [3.8, 4) is 22.9 Å². The number of rotatable bonds is 6. The van der Waals surface area contributed by atoms with Gasteiger partial charge in [-0.1, -0.05) is 0 Å². The fraction of sp³-hybridized carbons (Fsp3) is 0.350. The van der Waals surface area contributed by atoms with Crippen LogP contribution < -0.4 is 15.0 Å². The first-order valence-electron chi connectivity index (χ1n) is 9.37. The molecule has 0 aromatic carbocycles. The second kappa shape index (κ2) is 8.25. The number of pyridine rings is 2. The minimum atomic E-state index is 0.0762. The highest BCUT2D eigenvalue weighted by molar-refractivity contribution is 5.85. The van der Waals surface area contributed by atoms with E-state index >= 15 is 0 Å². The predicted octanol–water partition coefficient (Wildman–Crippen LogP) is 1.44. The number of hydrogen-bond acceptors (Lipinski definition) is 7. The van der Waals surface area contributed by atoms with Crippen LogP contribution >= 0.6 is 0 Å². The van der Waals surface area contributed by atoms with Crippen LogP contribution in [0.2, 0.25) is 0 Å². The molecule has 0 radical (unpaired) electrons.